The van der Waals surface area contributed by atoms with E-state index in [4.69, 9.17) is 0 Å². The van der Waals surface area contributed by atoms with E-state index in [1.807, 2.05) is 55.5 Å². The fourth-order valence-corrected chi connectivity index (χ4v) is 4.16. The second-order valence-corrected chi connectivity index (χ2v) is 7.95. The van der Waals surface area contributed by atoms with Crippen molar-refractivity contribution in [3.05, 3.63) is 93.1 Å². The van der Waals surface area contributed by atoms with Gasteiger partial charge in [-0.3, -0.25) is 4.79 Å². The molecule has 1 amide bonds. The molecular formula is C21H18INOS. The minimum absolute atomic E-state index is 0.0733. The summed E-state index contributed by atoms with van der Waals surface area (Å²) in [4.78, 5) is 13.7. The monoisotopic (exact) mass is 459 g/mol. The number of hydrogen-bond donors (Lipinski definition) is 1. The summed E-state index contributed by atoms with van der Waals surface area (Å²) in [6, 6.07) is 24.2. The van der Waals surface area contributed by atoms with Crippen LogP contribution < -0.4 is 5.32 Å². The van der Waals surface area contributed by atoms with Crippen LogP contribution in [0.5, 0.6) is 0 Å². The van der Waals surface area contributed by atoms with Gasteiger partial charge < -0.3 is 5.32 Å². The molecular weight excluding hydrogens is 441 g/mol. The van der Waals surface area contributed by atoms with E-state index in [0.29, 0.717) is 5.56 Å². The van der Waals surface area contributed by atoms with Gasteiger partial charge in [-0.25, -0.2) is 0 Å². The lowest BCUT2D eigenvalue weighted by Crippen LogP contribution is -2.13. The molecule has 0 aliphatic rings. The molecule has 0 aliphatic heterocycles. The molecule has 0 radical (unpaired) electrons. The zero-order valence-corrected chi connectivity index (χ0v) is 16.8. The van der Waals surface area contributed by atoms with Crippen molar-refractivity contribution in [2.24, 2.45) is 0 Å². The second kappa shape index (κ2) is 8.54. The summed E-state index contributed by atoms with van der Waals surface area (Å²) in [5.74, 6) is 0.837. The van der Waals surface area contributed by atoms with Crippen LogP contribution in [0.1, 0.15) is 21.5 Å². The highest BCUT2D eigenvalue weighted by atomic mass is 127. The number of hydrogen-bond acceptors (Lipinski definition) is 2. The van der Waals surface area contributed by atoms with Gasteiger partial charge in [0.2, 0.25) is 0 Å². The smallest absolute Gasteiger partial charge is 0.256 e. The van der Waals surface area contributed by atoms with E-state index < -0.39 is 0 Å². The van der Waals surface area contributed by atoms with Crippen LogP contribution in [0.15, 0.2) is 77.7 Å². The van der Waals surface area contributed by atoms with Gasteiger partial charge in [-0.15, -0.1) is 11.8 Å². The molecule has 0 bridgehead atoms. The van der Waals surface area contributed by atoms with Crippen molar-refractivity contribution >= 4 is 45.9 Å². The molecule has 0 heterocycles. The summed E-state index contributed by atoms with van der Waals surface area (Å²) in [5, 5.41) is 2.97. The molecule has 3 aromatic rings. The molecule has 0 fully saturated rings. The van der Waals surface area contributed by atoms with E-state index in [0.717, 1.165) is 20.6 Å². The van der Waals surface area contributed by atoms with Crippen molar-refractivity contribution in [3.63, 3.8) is 0 Å². The van der Waals surface area contributed by atoms with Gasteiger partial charge in [0, 0.05) is 19.9 Å². The summed E-state index contributed by atoms with van der Waals surface area (Å²) < 4.78 is 0.964. The van der Waals surface area contributed by atoms with Crippen LogP contribution in [0.3, 0.4) is 0 Å². The summed E-state index contributed by atoms with van der Waals surface area (Å²) in [6.07, 6.45) is 0. The van der Waals surface area contributed by atoms with Crippen molar-refractivity contribution in [1.29, 1.82) is 0 Å². The molecule has 0 unspecified atom stereocenters. The summed E-state index contributed by atoms with van der Waals surface area (Å²) in [7, 11) is 0. The highest BCUT2D eigenvalue weighted by molar-refractivity contribution is 14.1. The largest absolute Gasteiger partial charge is 0.322 e. The third kappa shape index (κ3) is 5.09. The Morgan fingerprint density at radius 2 is 1.72 bits per heavy atom. The van der Waals surface area contributed by atoms with Crippen molar-refractivity contribution in [1.82, 2.24) is 0 Å². The predicted octanol–water partition coefficient (Wildman–Crippen LogP) is 6.14. The van der Waals surface area contributed by atoms with E-state index in [-0.39, 0.29) is 5.91 Å². The van der Waals surface area contributed by atoms with Crippen LogP contribution in [-0.2, 0) is 5.75 Å². The lowest BCUT2D eigenvalue weighted by molar-refractivity contribution is 0.102. The number of rotatable bonds is 5. The lowest BCUT2D eigenvalue weighted by atomic mass is 10.1. The van der Waals surface area contributed by atoms with Crippen molar-refractivity contribution in [2.45, 2.75) is 17.6 Å². The van der Waals surface area contributed by atoms with Crippen LogP contribution in [0, 0.1) is 10.5 Å². The minimum atomic E-state index is -0.0733. The molecule has 0 saturated heterocycles. The quantitative estimate of drug-likeness (QED) is 0.367. The zero-order valence-electron chi connectivity index (χ0n) is 13.8. The first-order valence-electron chi connectivity index (χ1n) is 7.96. The standard InChI is InChI=1S/C21H18INOS/c1-15-7-12-19(20(22)13-15)21(24)23-17-10-8-16(9-11-17)14-25-18-5-3-2-4-6-18/h2-13H,14H2,1H3,(H,23,24). The van der Waals surface area contributed by atoms with Crippen LogP contribution in [0.4, 0.5) is 5.69 Å². The van der Waals surface area contributed by atoms with Crippen molar-refractivity contribution in [2.75, 3.05) is 5.32 Å². The van der Waals surface area contributed by atoms with Crippen LogP contribution in [-0.4, -0.2) is 5.91 Å². The third-order valence-electron chi connectivity index (χ3n) is 3.73. The fourth-order valence-electron chi connectivity index (χ4n) is 2.37. The van der Waals surface area contributed by atoms with Crippen molar-refractivity contribution in [3.8, 4) is 0 Å². The second-order valence-electron chi connectivity index (χ2n) is 5.74. The summed E-state index contributed by atoms with van der Waals surface area (Å²) in [5.41, 5.74) is 3.91. The number of carbonyl (C=O) groups excluding carboxylic acids is 1. The Balaban J connectivity index is 1.61. The number of carbonyl (C=O) groups is 1. The van der Waals surface area contributed by atoms with E-state index in [2.05, 4.69) is 52.2 Å². The average molecular weight is 459 g/mol. The molecule has 0 spiro atoms. The normalized spacial score (nSPS) is 10.5. The lowest BCUT2D eigenvalue weighted by Gasteiger charge is -2.09. The zero-order chi connectivity index (χ0) is 17.6. The molecule has 3 aromatic carbocycles. The van der Waals surface area contributed by atoms with Crippen LogP contribution in [0.2, 0.25) is 0 Å². The number of nitrogens with one attached hydrogen (secondary N) is 1. The first-order valence-corrected chi connectivity index (χ1v) is 10.0. The Morgan fingerprint density at radius 3 is 2.40 bits per heavy atom. The number of anilines is 1. The molecule has 4 heteroatoms. The van der Waals surface area contributed by atoms with E-state index >= 15 is 0 Å². The maximum Gasteiger partial charge on any atom is 0.256 e. The SMILES string of the molecule is Cc1ccc(C(=O)Nc2ccc(CSc3ccccc3)cc2)c(I)c1. The van der Waals surface area contributed by atoms with Crippen molar-refractivity contribution < 1.29 is 4.79 Å². The van der Waals surface area contributed by atoms with Crippen LogP contribution in [0.25, 0.3) is 0 Å². The van der Waals surface area contributed by atoms with Gasteiger partial charge >= 0.3 is 0 Å². The van der Waals surface area contributed by atoms with Crippen LogP contribution >= 0.6 is 34.4 Å². The predicted molar refractivity (Wildman–Crippen MR) is 114 cm³/mol. The molecule has 25 heavy (non-hydrogen) atoms. The van der Waals surface area contributed by atoms with Gasteiger partial charge in [-0.2, -0.15) is 0 Å². The van der Waals surface area contributed by atoms with E-state index in [1.165, 1.54) is 10.5 Å². The number of aryl methyl sites for hydroxylation is 1. The number of benzene rings is 3. The fraction of sp³-hybridized carbons (Fsp3) is 0.0952. The highest BCUT2D eigenvalue weighted by Crippen LogP contribution is 2.23. The third-order valence-corrected chi connectivity index (χ3v) is 5.71. The number of halogens is 1. The highest BCUT2D eigenvalue weighted by Gasteiger charge is 2.10. The van der Waals surface area contributed by atoms with Gasteiger partial charge in [0.1, 0.15) is 0 Å². The molecule has 0 atom stereocenters. The number of amides is 1. The van der Waals surface area contributed by atoms with Gasteiger partial charge in [0.25, 0.3) is 5.91 Å². The molecule has 3 rings (SSSR count). The Bertz CT molecular complexity index is 863. The van der Waals surface area contributed by atoms with Gasteiger partial charge in [-0.05, 0) is 71.5 Å². The molecule has 0 aliphatic carbocycles. The minimum Gasteiger partial charge on any atom is -0.322 e. The van der Waals surface area contributed by atoms with E-state index in [9.17, 15) is 4.79 Å². The molecule has 126 valence electrons. The first-order chi connectivity index (χ1) is 12.1. The number of thioether (sulfide) groups is 1. The van der Waals surface area contributed by atoms with E-state index in [1.54, 1.807) is 11.8 Å². The first kappa shape index (κ1) is 18.0. The summed E-state index contributed by atoms with van der Waals surface area (Å²) in [6.45, 7) is 2.02. The Labute approximate surface area is 166 Å². The molecule has 1 N–H and O–H groups in total. The average Bonchev–Trinajstić information content (AvgIpc) is 2.62. The maximum absolute atomic E-state index is 12.4. The maximum atomic E-state index is 12.4. The Kier molecular flexibility index (Phi) is 6.15. The summed E-state index contributed by atoms with van der Waals surface area (Å²) >= 11 is 4.01. The molecule has 0 saturated carbocycles. The van der Waals surface area contributed by atoms with Gasteiger partial charge in [0.15, 0.2) is 0 Å². The topological polar surface area (TPSA) is 29.1 Å². The van der Waals surface area contributed by atoms with Gasteiger partial charge in [-0.1, -0.05) is 42.0 Å². The Morgan fingerprint density at radius 1 is 1.00 bits per heavy atom. The van der Waals surface area contributed by atoms with Gasteiger partial charge in [0.05, 0.1) is 5.56 Å². The molecule has 0 aromatic heterocycles. The Hall–Kier alpha value is -1.79. The molecule has 2 nitrogen and oxygen atoms in total.